The van der Waals surface area contributed by atoms with Crippen LogP contribution < -0.4 is 5.32 Å². The minimum Gasteiger partial charge on any atom is -0.445 e. The van der Waals surface area contributed by atoms with Crippen LogP contribution in [0.4, 0.5) is 0 Å². The van der Waals surface area contributed by atoms with E-state index in [1.165, 1.54) is 79.8 Å². The molecule has 2 aliphatic heterocycles. The smallest absolute Gasteiger partial charge is 0.197 e. The standard InChI is InChI=1S/C19H24N2O.C12H18N2O.V/c1-2-6-15(7-3-1)14-21-12-10-16(11-13-21)19-20-17-8-4-5-9-18(17)22-19;1-2-4-11-10(3-1)14-12(15-11)9-5-7-13-8-6-9;/h1-3,6-7,16H,4-5,8-14H2;9,13H,1-8H2;. The molecule has 1 N–H and O–H groups in total. The maximum atomic E-state index is 6.07. The van der Waals surface area contributed by atoms with Gasteiger partial charge in [0.2, 0.25) is 0 Å². The van der Waals surface area contributed by atoms with Crippen LogP contribution in [-0.4, -0.2) is 41.0 Å². The molecule has 2 fully saturated rings. The zero-order valence-corrected chi connectivity index (χ0v) is 24.1. The number of nitrogens with one attached hydrogen (secondary N) is 1. The van der Waals surface area contributed by atoms with E-state index >= 15 is 0 Å². The molecule has 0 amide bonds. The number of piperidine rings is 2. The second-order valence-electron chi connectivity index (χ2n) is 11.3. The summed E-state index contributed by atoms with van der Waals surface area (Å²) in [6.45, 7) is 5.57. The van der Waals surface area contributed by atoms with E-state index in [1.54, 1.807) is 0 Å². The van der Waals surface area contributed by atoms with E-state index in [-0.39, 0.29) is 18.6 Å². The Morgan fingerprint density at radius 3 is 1.79 bits per heavy atom. The molecule has 0 saturated carbocycles. The first-order valence-corrected chi connectivity index (χ1v) is 14.8. The van der Waals surface area contributed by atoms with Gasteiger partial charge in [-0.05, 0) is 96.0 Å². The van der Waals surface area contributed by atoms with Gasteiger partial charge >= 0.3 is 0 Å². The second kappa shape index (κ2) is 13.5. The Bertz CT molecular complexity index is 1080. The summed E-state index contributed by atoms with van der Waals surface area (Å²) >= 11 is 0. The van der Waals surface area contributed by atoms with Crippen molar-refractivity contribution < 1.29 is 27.4 Å². The first-order valence-electron chi connectivity index (χ1n) is 14.8. The van der Waals surface area contributed by atoms with Gasteiger partial charge in [0.1, 0.15) is 11.5 Å². The molecular formula is C31H42N4O2V. The molecule has 0 atom stereocenters. The van der Waals surface area contributed by atoms with Crippen molar-refractivity contribution >= 4 is 0 Å². The number of aryl methyl sites for hydroxylation is 4. The summed E-state index contributed by atoms with van der Waals surface area (Å²) in [6.07, 6.45) is 14.2. The van der Waals surface area contributed by atoms with E-state index in [9.17, 15) is 0 Å². The maximum Gasteiger partial charge on any atom is 0.197 e. The Morgan fingerprint density at radius 1 is 0.711 bits per heavy atom. The third-order valence-corrected chi connectivity index (χ3v) is 8.60. The molecule has 0 bridgehead atoms. The Hall–Kier alpha value is -1.86. The fourth-order valence-electron chi connectivity index (χ4n) is 6.34. The van der Waals surface area contributed by atoms with Crippen LogP contribution in [0.1, 0.15) is 103 Å². The van der Waals surface area contributed by atoms with Crippen molar-refractivity contribution in [3.8, 4) is 0 Å². The minimum atomic E-state index is 0. The SMILES string of the molecule is C1CCc2oc(C3CCNCC3)nc2C1.[V].c1ccc(CN2CCC(c3nc4c(o3)CCCC4)CC2)cc1. The summed E-state index contributed by atoms with van der Waals surface area (Å²) in [5.74, 6) is 5.48. The molecule has 4 heterocycles. The molecule has 2 aliphatic carbocycles. The quantitative estimate of drug-likeness (QED) is 0.431. The average molecular weight is 554 g/mol. The van der Waals surface area contributed by atoms with Gasteiger partial charge in [0.15, 0.2) is 11.8 Å². The fourth-order valence-corrected chi connectivity index (χ4v) is 6.34. The largest absolute Gasteiger partial charge is 0.445 e. The summed E-state index contributed by atoms with van der Waals surface area (Å²) in [5, 5.41) is 3.38. The molecule has 1 aromatic carbocycles. The van der Waals surface area contributed by atoms with E-state index in [2.05, 4.69) is 45.5 Å². The van der Waals surface area contributed by atoms with Gasteiger partial charge in [-0.2, -0.15) is 0 Å². The van der Waals surface area contributed by atoms with Gasteiger partial charge in [-0.1, -0.05) is 30.3 Å². The normalized spacial score (nSPS) is 20.5. The van der Waals surface area contributed by atoms with E-state index in [4.69, 9.17) is 13.8 Å². The van der Waals surface area contributed by atoms with E-state index in [0.29, 0.717) is 11.8 Å². The van der Waals surface area contributed by atoms with E-state index in [1.807, 2.05) is 0 Å². The Labute approximate surface area is 239 Å². The number of hydrogen-bond donors (Lipinski definition) is 1. The molecule has 7 heteroatoms. The summed E-state index contributed by atoms with van der Waals surface area (Å²) in [5.41, 5.74) is 3.90. The van der Waals surface area contributed by atoms with Gasteiger partial charge in [-0.3, -0.25) is 4.90 Å². The van der Waals surface area contributed by atoms with Gasteiger partial charge in [0.25, 0.3) is 0 Å². The Balaban J connectivity index is 0.000000161. The molecule has 0 unspecified atom stereocenters. The summed E-state index contributed by atoms with van der Waals surface area (Å²) < 4.78 is 12.0. The number of hydrogen-bond acceptors (Lipinski definition) is 6. The number of fused-ring (bicyclic) bond motifs is 2. The molecule has 7 rings (SSSR count). The number of likely N-dealkylation sites (tertiary alicyclic amines) is 1. The zero-order valence-electron chi connectivity index (χ0n) is 22.7. The number of benzene rings is 1. The topological polar surface area (TPSA) is 67.3 Å². The second-order valence-corrected chi connectivity index (χ2v) is 11.3. The predicted octanol–water partition coefficient (Wildman–Crippen LogP) is 5.95. The van der Waals surface area contributed by atoms with Crippen LogP contribution in [0.3, 0.4) is 0 Å². The Morgan fingerprint density at radius 2 is 1.24 bits per heavy atom. The van der Waals surface area contributed by atoms with Crippen LogP contribution in [0.25, 0.3) is 0 Å². The zero-order chi connectivity index (χ0) is 24.9. The molecule has 1 radical (unpaired) electrons. The van der Waals surface area contributed by atoms with Crippen molar-refractivity contribution in [1.29, 1.82) is 0 Å². The molecule has 2 aromatic heterocycles. The van der Waals surface area contributed by atoms with Crippen molar-refractivity contribution in [3.63, 3.8) is 0 Å². The first kappa shape index (κ1) is 27.7. The van der Waals surface area contributed by atoms with Crippen LogP contribution in [0.15, 0.2) is 39.2 Å². The van der Waals surface area contributed by atoms with Gasteiger partial charge in [0.05, 0.1) is 11.4 Å². The average Bonchev–Trinajstić information content (AvgIpc) is 3.60. The van der Waals surface area contributed by atoms with E-state index < -0.39 is 0 Å². The molecule has 2 saturated heterocycles. The number of nitrogens with zero attached hydrogens (tertiary/aromatic N) is 3. The van der Waals surface area contributed by atoms with Crippen LogP contribution in [0.2, 0.25) is 0 Å². The van der Waals surface area contributed by atoms with Crippen molar-refractivity contribution in [2.24, 2.45) is 0 Å². The van der Waals surface area contributed by atoms with Crippen molar-refractivity contribution in [3.05, 3.63) is 70.6 Å². The summed E-state index contributed by atoms with van der Waals surface area (Å²) in [6, 6.07) is 10.8. The molecule has 203 valence electrons. The summed E-state index contributed by atoms with van der Waals surface area (Å²) in [7, 11) is 0. The van der Waals surface area contributed by atoms with Crippen LogP contribution in [0.5, 0.6) is 0 Å². The third kappa shape index (κ3) is 6.82. The van der Waals surface area contributed by atoms with Crippen LogP contribution >= 0.6 is 0 Å². The first-order chi connectivity index (χ1) is 18.3. The molecule has 3 aromatic rings. The number of rotatable bonds is 4. The van der Waals surface area contributed by atoms with Crippen molar-refractivity contribution in [2.75, 3.05) is 26.2 Å². The van der Waals surface area contributed by atoms with Gasteiger partial charge < -0.3 is 14.2 Å². The molecule has 38 heavy (non-hydrogen) atoms. The number of oxazole rings is 2. The van der Waals surface area contributed by atoms with Gasteiger partial charge in [-0.15, -0.1) is 0 Å². The Kier molecular flexibility index (Phi) is 9.82. The third-order valence-electron chi connectivity index (χ3n) is 8.60. The fraction of sp³-hybridized carbons (Fsp3) is 0.613. The number of aromatic nitrogens is 2. The van der Waals surface area contributed by atoms with E-state index in [0.717, 1.165) is 70.2 Å². The summed E-state index contributed by atoms with van der Waals surface area (Å²) in [4.78, 5) is 12.0. The molecule has 6 nitrogen and oxygen atoms in total. The minimum absolute atomic E-state index is 0. The van der Waals surface area contributed by atoms with Crippen LogP contribution in [-0.2, 0) is 50.8 Å². The molecular weight excluding hydrogens is 511 g/mol. The van der Waals surface area contributed by atoms with Crippen LogP contribution in [0, 0.1) is 0 Å². The predicted molar refractivity (Wildman–Crippen MR) is 145 cm³/mol. The van der Waals surface area contributed by atoms with Gasteiger partial charge in [-0.25, -0.2) is 9.97 Å². The maximum absolute atomic E-state index is 6.07. The molecule has 0 spiro atoms. The van der Waals surface area contributed by atoms with Crippen molar-refractivity contribution in [2.45, 2.75) is 95.4 Å². The molecule has 4 aliphatic rings. The van der Waals surface area contributed by atoms with Gasteiger partial charge in [0, 0.05) is 49.8 Å². The monoisotopic (exact) mass is 553 g/mol. The van der Waals surface area contributed by atoms with Crippen molar-refractivity contribution in [1.82, 2.24) is 20.2 Å².